The Hall–Kier alpha value is -3.07. The van der Waals surface area contributed by atoms with E-state index >= 15 is 4.39 Å². The summed E-state index contributed by atoms with van der Waals surface area (Å²) in [5.41, 5.74) is -2.55. The number of hydrogen-bond acceptors (Lipinski definition) is 7. The standard InChI is InChI=1S/C27H31F7N6OS/c1-13(2)40-24-14(12-35-26(37-24)36-15-5-6-20(39(3)4)18(28)10-15)9-17(25(40)41)16-11-19(29)23(22(31)21(16)30)38-42-8-7-27(32,33)34/h9,11-13,15,18,20,38H,5-8,10H2,1-4H3,(H,35,36,37). The summed E-state index contributed by atoms with van der Waals surface area (Å²) in [4.78, 5) is 24.1. The van der Waals surface area contributed by atoms with Gasteiger partial charge in [0.15, 0.2) is 17.5 Å². The highest BCUT2D eigenvalue weighted by Gasteiger charge is 2.32. The molecule has 230 valence electrons. The summed E-state index contributed by atoms with van der Waals surface area (Å²) in [5.74, 6) is -4.89. The second-order valence-corrected chi connectivity index (χ2v) is 11.6. The summed E-state index contributed by atoms with van der Waals surface area (Å²) in [7, 11) is 3.66. The Morgan fingerprint density at radius 2 is 1.83 bits per heavy atom. The van der Waals surface area contributed by atoms with Gasteiger partial charge in [0.2, 0.25) is 5.95 Å². The summed E-state index contributed by atoms with van der Waals surface area (Å²) in [5, 5.41) is 3.41. The van der Waals surface area contributed by atoms with E-state index in [9.17, 15) is 31.1 Å². The third-order valence-corrected chi connectivity index (χ3v) is 7.89. The van der Waals surface area contributed by atoms with Crippen molar-refractivity contribution < 1.29 is 30.7 Å². The molecule has 1 fully saturated rings. The molecule has 2 heterocycles. The predicted octanol–water partition coefficient (Wildman–Crippen LogP) is 6.70. The molecule has 7 nitrogen and oxygen atoms in total. The number of fused-ring (bicyclic) bond motifs is 1. The summed E-state index contributed by atoms with van der Waals surface area (Å²) in [6, 6.07) is 0.927. The van der Waals surface area contributed by atoms with Crippen molar-refractivity contribution in [3.8, 4) is 11.1 Å². The lowest BCUT2D eigenvalue weighted by atomic mass is 9.89. The van der Waals surface area contributed by atoms with E-state index in [1.54, 1.807) is 13.8 Å². The molecule has 0 aliphatic heterocycles. The highest BCUT2D eigenvalue weighted by atomic mass is 32.2. The van der Waals surface area contributed by atoms with Crippen molar-refractivity contribution >= 4 is 34.6 Å². The highest BCUT2D eigenvalue weighted by molar-refractivity contribution is 8.00. The Morgan fingerprint density at radius 3 is 2.45 bits per heavy atom. The molecule has 15 heteroatoms. The number of halogens is 7. The van der Waals surface area contributed by atoms with Gasteiger partial charge in [0, 0.05) is 47.4 Å². The Kier molecular flexibility index (Phi) is 9.60. The minimum Gasteiger partial charge on any atom is -0.351 e. The minimum atomic E-state index is -4.46. The van der Waals surface area contributed by atoms with Gasteiger partial charge >= 0.3 is 6.18 Å². The lowest BCUT2D eigenvalue weighted by Crippen LogP contribution is -2.44. The Balaban J connectivity index is 1.66. The van der Waals surface area contributed by atoms with Crippen LogP contribution in [0.25, 0.3) is 22.2 Å². The van der Waals surface area contributed by atoms with E-state index < -0.39 is 64.8 Å². The van der Waals surface area contributed by atoms with Crippen molar-refractivity contribution in [3.05, 3.63) is 46.1 Å². The number of aromatic nitrogens is 3. The Labute approximate surface area is 242 Å². The van der Waals surface area contributed by atoms with Crippen LogP contribution in [0.15, 0.2) is 23.1 Å². The fourth-order valence-electron chi connectivity index (χ4n) is 5.03. The van der Waals surface area contributed by atoms with Gasteiger partial charge in [0.1, 0.15) is 17.5 Å². The quantitative estimate of drug-likeness (QED) is 0.119. The van der Waals surface area contributed by atoms with Crippen molar-refractivity contribution in [2.75, 3.05) is 29.9 Å². The molecule has 0 bridgehead atoms. The van der Waals surface area contributed by atoms with Crippen molar-refractivity contribution in [1.82, 2.24) is 19.4 Å². The number of alkyl halides is 4. The molecule has 1 saturated carbocycles. The summed E-state index contributed by atoms with van der Waals surface area (Å²) < 4.78 is 99.9. The van der Waals surface area contributed by atoms with E-state index in [0.717, 1.165) is 0 Å². The van der Waals surface area contributed by atoms with Crippen molar-refractivity contribution in [2.24, 2.45) is 0 Å². The topological polar surface area (TPSA) is 75.1 Å². The number of nitrogens with zero attached hydrogens (tertiary/aromatic N) is 4. The summed E-state index contributed by atoms with van der Waals surface area (Å²) in [6.45, 7) is 3.36. The van der Waals surface area contributed by atoms with Crippen LogP contribution in [0.4, 0.5) is 42.4 Å². The Morgan fingerprint density at radius 1 is 1.12 bits per heavy atom. The molecule has 3 unspecified atom stereocenters. The lowest BCUT2D eigenvalue weighted by Gasteiger charge is -2.35. The molecular formula is C27H31F7N6OS. The zero-order chi connectivity index (χ0) is 30.9. The molecule has 0 spiro atoms. The van der Waals surface area contributed by atoms with Crippen molar-refractivity contribution in [3.63, 3.8) is 0 Å². The van der Waals surface area contributed by atoms with Gasteiger partial charge in [-0.25, -0.2) is 22.5 Å². The van der Waals surface area contributed by atoms with Gasteiger partial charge in [-0.05, 0) is 52.9 Å². The van der Waals surface area contributed by atoms with E-state index in [2.05, 4.69) is 20.0 Å². The number of hydrogen-bond donors (Lipinski definition) is 2. The molecular weight excluding hydrogens is 589 g/mol. The van der Waals surface area contributed by atoms with Crippen LogP contribution in [0.1, 0.15) is 45.6 Å². The van der Waals surface area contributed by atoms with Gasteiger partial charge in [-0.15, -0.1) is 0 Å². The van der Waals surface area contributed by atoms with Crippen LogP contribution in [0, 0.1) is 17.5 Å². The molecule has 2 aromatic heterocycles. The largest absolute Gasteiger partial charge is 0.389 e. The second-order valence-electron chi connectivity index (χ2n) is 10.7. The summed E-state index contributed by atoms with van der Waals surface area (Å²) >= 11 is 0.370. The normalized spacial score (nSPS) is 19.6. The fourth-order valence-corrected chi connectivity index (χ4v) is 5.80. The van der Waals surface area contributed by atoms with Gasteiger partial charge in [-0.3, -0.25) is 9.36 Å². The zero-order valence-electron chi connectivity index (χ0n) is 23.3. The number of anilines is 2. The molecule has 1 aliphatic carbocycles. The molecule has 0 amide bonds. The van der Waals surface area contributed by atoms with Gasteiger partial charge in [-0.1, -0.05) is 11.9 Å². The van der Waals surface area contributed by atoms with Gasteiger partial charge in [0.25, 0.3) is 5.56 Å². The van der Waals surface area contributed by atoms with Gasteiger partial charge < -0.3 is 14.9 Å². The smallest absolute Gasteiger partial charge is 0.351 e. The first-order valence-electron chi connectivity index (χ1n) is 13.3. The minimum absolute atomic E-state index is 0.172. The third-order valence-electron chi connectivity index (χ3n) is 7.13. The molecule has 0 saturated heterocycles. The Bertz CT molecular complexity index is 1500. The van der Waals surface area contributed by atoms with Crippen LogP contribution in [-0.4, -0.2) is 63.7 Å². The van der Waals surface area contributed by atoms with Crippen LogP contribution < -0.4 is 15.6 Å². The first kappa shape index (κ1) is 31.9. The molecule has 4 rings (SSSR count). The molecule has 1 aromatic carbocycles. The molecule has 42 heavy (non-hydrogen) atoms. The van der Waals surface area contributed by atoms with E-state index in [0.29, 0.717) is 30.9 Å². The van der Waals surface area contributed by atoms with Crippen LogP contribution in [-0.2, 0) is 0 Å². The van der Waals surface area contributed by atoms with E-state index in [1.807, 2.05) is 19.0 Å². The van der Waals surface area contributed by atoms with Crippen LogP contribution in [0.5, 0.6) is 0 Å². The van der Waals surface area contributed by atoms with Crippen molar-refractivity contribution in [2.45, 2.75) is 70.0 Å². The molecule has 0 radical (unpaired) electrons. The SMILES string of the molecule is CC(C)n1c(=O)c(-c2cc(F)c(NSCCC(F)(F)F)c(F)c2F)cc2cnc(NC3CCC(N(C)C)C(F)C3)nc21. The molecule has 3 atom stereocenters. The monoisotopic (exact) mass is 620 g/mol. The molecule has 1 aliphatic rings. The first-order chi connectivity index (χ1) is 19.7. The second kappa shape index (κ2) is 12.7. The number of rotatable bonds is 9. The van der Waals surface area contributed by atoms with Crippen LogP contribution in [0.3, 0.4) is 0 Å². The number of nitrogens with one attached hydrogen (secondary N) is 2. The number of benzene rings is 1. The molecule has 3 aromatic rings. The fraction of sp³-hybridized carbons (Fsp3) is 0.519. The maximum absolute atomic E-state index is 15.2. The van der Waals surface area contributed by atoms with Crippen LogP contribution in [0.2, 0.25) is 0 Å². The average molecular weight is 621 g/mol. The van der Waals surface area contributed by atoms with E-state index in [4.69, 9.17) is 0 Å². The first-order valence-corrected chi connectivity index (χ1v) is 14.3. The van der Waals surface area contributed by atoms with E-state index in [1.165, 1.54) is 16.8 Å². The third kappa shape index (κ3) is 6.93. The van der Waals surface area contributed by atoms with Gasteiger partial charge in [-0.2, -0.15) is 18.2 Å². The maximum atomic E-state index is 15.2. The average Bonchev–Trinajstić information content (AvgIpc) is 2.89. The molecule has 2 N–H and O–H groups in total. The van der Waals surface area contributed by atoms with Gasteiger partial charge in [0.05, 0.1) is 12.0 Å². The van der Waals surface area contributed by atoms with Crippen molar-refractivity contribution in [1.29, 1.82) is 0 Å². The zero-order valence-corrected chi connectivity index (χ0v) is 24.1. The summed E-state index contributed by atoms with van der Waals surface area (Å²) in [6.07, 6.45) is -3.77. The maximum Gasteiger partial charge on any atom is 0.389 e. The lowest BCUT2D eigenvalue weighted by molar-refractivity contribution is -0.129. The van der Waals surface area contributed by atoms with E-state index in [-0.39, 0.29) is 41.0 Å². The predicted molar refractivity (Wildman–Crippen MR) is 150 cm³/mol. The highest BCUT2D eigenvalue weighted by Crippen LogP contribution is 2.33. The number of pyridine rings is 1. The van der Waals surface area contributed by atoms with Crippen LogP contribution >= 0.6 is 11.9 Å².